The van der Waals surface area contributed by atoms with Crippen molar-refractivity contribution >= 4 is 48.2 Å². The minimum absolute atomic E-state index is 0.00656. The quantitative estimate of drug-likeness (QED) is 0.0456. The number of nitrogens with one attached hydrogen (secondary N) is 3. The molecule has 5 unspecified atom stereocenters. The van der Waals surface area contributed by atoms with Gasteiger partial charge in [-0.2, -0.15) is 12.6 Å². The zero-order chi connectivity index (χ0) is 26.4. The molecule has 0 aromatic heterocycles. The minimum Gasteiger partial charge on any atom is -0.481 e. The number of carbonyl (C=O) groups is 5. The molecule has 15 heteroatoms. The summed E-state index contributed by atoms with van der Waals surface area (Å²) in [6, 6.07) is -5.08. The van der Waals surface area contributed by atoms with Crippen LogP contribution >= 0.6 is 12.6 Å². The summed E-state index contributed by atoms with van der Waals surface area (Å²) >= 11 is 3.87. The van der Waals surface area contributed by atoms with E-state index in [1.54, 1.807) is 6.92 Å². The summed E-state index contributed by atoms with van der Waals surface area (Å²) in [7, 11) is 0. The predicted octanol–water partition coefficient (Wildman–Crippen LogP) is -2.64. The molecule has 3 amide bonds. The summed E-state index contributed by atoms with van der Waals surface area (Å²) in [5.74, 6) is -5.81. The second-order valence-corrected chi connectivity index (χ2v) is 8.03. The Hall–Kier alpha value is -3.07. The van der Waals surface area contributed by atoms with Crippen molar-refractivity contribution in [2.45, 2.75) is 63.7 Å². The molecule has 0 heterocycles. The van der Waals surface area contributed by atoms with Crippen LogP contribution in [0.15, 0.2) is 4.99 Å². The summed E-state index contributed by atoms with van der Waals surface area (Å²) in [5, 5.41) is 25.2. The topological polar surface area (TPSA) is 252 Å². The third-order valence-electron chi connectivity index (χ3n) is 4.95. The largest absolute Gasteiger partial charge is 0.481 e. The lowest BCUT2D eigenvalue weighted by molar-refractivity contribution is -0.143. The van der Waals surface area contributed by atoms with E-state index in [9.17, 15) is 24.0 Å². The van der Waals surface area contributed by atoms with Crippen LogP contribution in [-0.2, 0) is 24.0 Å². The van der Waals surface area contributed by atoms with Gasteiger partial charge in [0.15, 0.2) is 5.96 Å². The normalized spacial score (nSPS) is 15.1. The molecule has 5 atom stereocenters. The summed E-state index contributed by atoms with van der Waals surface area (Å²) in [6.07, 6.45) is 0.0386. The van der Waals surface area contributed by atoms with E-state index >= 15 is 0 Å². The van der Waals surface area contributed by atoms with Crippen molar-refractivity contribution in [2.24, 2.45) is 28.1 Å². The lowest BCUT2D eigenvalue weighted by atomic mass is 9.99. The van der Waals surface area contributed by atoms with E-state index in [0.29, 0.717) is 6.42 Å². The lowest BCUT2D eigenvalue weighted by Gasteiger charge is -2.25. The molecular formula is C19H35N7O7S. The van der Waals surface area contributed by atoms with Gasteiger partial charge in [0, 0.05) is 12.3 Å². The van der Waals surface area contributed by atoms with Gasteiger partial charge in [0.25, 0.3) is 0 Å². The number of hydrogen-bond acceptors (Lipinski definition) is 8. The van der Waals surface area contributed by atoms with E-state index in [0.717, 1.165) is 0 Å². The molecule has 0 spiro atoms. The van der Waals surface area contributed by atoms with Crippen molar-refractivity contribution < 1.29 is 34.2 Å². The molecule has 0 saturated heterocycles. The van der Waals surface area contributed by atoms with Gasteiger partial charge in [0.2, 0.25) is 17.7 Å². The monoisotopic (exact) mass is 505 g/mol. The Bertz CT molecular complexity index is 761. The van der Waals surface area contributed by atoms with E-state index in [1.807, 2.05) is 6.92 Å². The molecule has 0 fully saturated rings. The molecule has 0 aliphatic heterocycles. The van der Waals surface area contributed by atoms with E-state index in [1.165, 1.54) is 0 Å². The van der Waals surface area contributed by atoms with Crippen molar-refractivity contribution in [3.05, 3.63) is 0 Å². The molecule has 0 bridgehead atoms. The van der Waals surface area contributed by atoms with Crippen molar-refractivity contribution in [1.82, 2.24) is 16.0 Å². The Balaban J connectivity index is 5.58. The van der Waals surface area contributed by atoms with E-state index in [-0.39, 0.29) is 37.0 Å². The number of aliphatic imine (C=N–C) groups is 1. The maximum Gasteiger partial charge on any atom is 0.327 e. The van der Waals surface area contributed by atoms with Gasteiger partial charge in [-0.15, -0.1) is 0 Å². The number of guanidine groups is 1. The van der Waals surface area contributed by atoms with Gasteiger partial charge in [-0.25, -0.2) is 4.79 Å². The molecule has 14 nitrogen and oxygen atoms in total. The zero-order valence-electron chi connectivity index (χ0n) is 19.2. The van der Waals surface area contributed by atoms with Crippen LogP contribution in [0.25, 0.3) is 0 Å². The lowest BCUT2D eigenvalue weighted by Crippen LogP contribution is -2.58. The maximum absolute atomic E-state index is 12.8. The van der Waals surface area contributed by atoms with Crippen molar-refractivity contribution in [1.29, 1.82) is 0 Å². The van der Waals surface area contributed by atoms with Gasteiger partial charge in [-0.05, 0) is 18.8 Å². The molecule has 0 saturated carbocycles. The fraction of sp³-hybridized carbons (Fsp3) is 0.684. The van der Waals surface area contributed by atoms with Gasteiger partial charge >= 0.3 is 11.9 Å². The number of aliphatic carboxylic acids is 2. The number of nitrogens with zero attached hydrogens (tertiary/aromatic N) is 1. The Kier molecular flexibility index (Phi) is 14.3. The molecule has 0 rings (SSSR count). The smallest absolute Gasteiger partial charge is 0.327 e. The number of amides is 3. The van der Waals surface area contributed by atoms with Gasteiger partial charge < -0.3 is 43.4 Å². The Morgan fingerprint density at radius 1 is 0.941 bits per heavy atom. The summed E-state index contributed by atoms with van der Waals surface area (Å²) < 4.78 is 0. The van der Waals surface area contributed by atoms with Crippen LogP contribution in [0.1, 0.15) is 39.5 Å². The maximum atomic E-state index is 12.8. The van der Waals surface area contributed by atoms with Gasteiger partial charge in [0.05, 0.1) is 12.5 Å². The Labute approximate surface area is 202 Å². The standard InChI is InChI=1S/C19H35N7O7S/c1-3-9(2)14(20)17(31)25-11(7-13(27)28)16(30)24-10(5-4-6-23-19(21)22)15(29)26-12(8-34)18(32)33/h9-12,14,34H,3-8,20H2,1-2H3,(H,24,30)(H,25,31)(H,26,29)(H,27,28)(H,32,33)(H4,21,22,23). The number of carboxylic acid groups (broad SMARTS) is 2. The highest BCUT2D eigenvalue weighted by atomic mass is 32.1. The van der Waals surface area contributed by atoms with Crippen LogP contribution in [-0.4, -0.2) is 82.3 Å². The average molecular weight is 506 g/mol. The summed E-state index contributed by atoms with van der Waals surface area (Å²) in [5.41, 5.74) is 16.4. The van der Waals surface area contributed by atoms with E-state index in [4.69, 9.17) is 27.4 Å². The third kappa shape index (κ3) is 11.7. The van der Waals surface area contributed by atoms with Crippen LogP contribution in [0, 0.1) is 5.92 Å². The zero-order valence-corrected chi connectivity index (χ0v) is 20.1. The molecular weight excluding hydrogens is 470 g/mol. The number of rotatable bonds is 16. The van der Waals surface area contributed by atoms with Gasteiger partial charge in [0.1, 0.15) is 18.1 Å². The molecule has 34 heavy (non-hydrogen) atoms. The van der Waals surface area contributed by atoms with Crippen molar-refractivity contribution in [3.63, 3.8) is 0 Å². The van der Waals surface area contributed by atoms with E-state index < -0.39 is 60.2 Å². The molecule has 0 aliphatic rings. The van der Waals surface area contributed by atoms with Gasteiger partial charge in [-0.1, -0.05) is 20.3 Å². The molecule has 194 valence electrons. The number of carboxylic acids is 2. The first kappa shape index (κ1) is 30.9. The van der Waals surface area contributed by atoms with Crippen LogP contribution in [0.5, 0.6) is 0 Å². The second kappa shape index (κ2) is 15.7. The van der Waals surface area contributed by atoms with E-state index in [2.05, 4.69) is 33.6 Å². The van der Waals surface area contributed by atoms with Crippen molar-refractivity contribution in [3.8, 4) is 0 Å². The number of hydrogen-bond donors (Lipinski definition) is 9. The Morgan fingerprint density at radius 2 is 1.47 bits per heavy atom. The van der Waals surface area contributed by atoms with Gasteiger partial charge in [-0.3, -0.25) is 24.2 Å². The predicted molar refractivity (Wildman–Crippen MR) is 127 cm³/mol. The van der Waals surface area contributed by atoms with Crippen LogP contribution in [0.4, 0.5) is 0 Å². The number of carbonyl (C=O) groups excluding carboxylic acids is 3. The fourth-order valence-corrected chi connectivity index (χ4v) is 2.91. The average Bonchev–Trinajstić information content (AvgIpc) is 2.76. The highest BCUT2D eigenvalue weighted by molar-refractivity contribution is 7.80. The van der Waals surface area contributed by atoms with Crippen LogP contribution in [0.2, 0.25) is 0 Å². The fourth-order valence-electron chi connectivity index (χ4n) is 2.67. The van der Waals surface area contributed by atoms with Crippen LogP contribution < -0.4 is 33.2 Å². The second-order valence-electron chi connectivity index (χ2n) is 7.66. The Morgan fingerprint density at radius 3 is 1.94 bits per heavy atom. The summed E-state index contributed by atoms with van der Waals surface area (Å²) in [6.45, 7) is 3.67. The first-order chi connectivity index (χ1) is 15.8. The molecule has 0 aliphatic carbocycles. The molecule has 0 radical (unpaired) electrons. The highest BCUT2D eigenvalue weighted by Gasteiger charge is 2.31. The first-order valence-electron chi connectivity index (χ1n) is 10.6. The van der Waals surface area contributed by atoms with Crippen molar-refractivity contribution in [2.75, 3.05) is 12.3 Å². The SMILES string of the molecule is CCC(C)C(N)C(=O)NC(CC(=O)O)C(=O)NC(CCCN=C(N)N)C(=O)NC(CS)C(=O)O. The highest BCUT2D eigenvalue weighted by Crippen LogP contribution is 2.07. The number of thiol groups is 1. The summed E-state index contributed by atoms with van der Waals surface area (Å²) in [4.78, 5) is 64.1. The van der Waals surface area contributed by atoms with Crippen LogP contribution in [0.3, 0.4) is 0 Å². The number of nitrogens with two attached hydrogens (primary N) is 3. The molecule has 0 aromatic carbocycles. The minimum atomic E-state index is -1.52. The third-order valence-corrected chi connectivity index (χ3v) is 5.31. The molecule has 0 aromatic rings. The molecule has 11 N–H and O–H groups in total. The first-order valence-corrected chi connectivity index (χ1v) is 11.2.